The van der Waals surface area contributed by atoms with Crippen LogP contribution in [0.3, 0.4) is 0 Å². The van der Waals surface area contributed by atoms with Crippen LogP contribution in [0.1, 0.15) is 13.8 Å². The van der Waals surface area contributed by atoms with E-state index in [2.05, 4.69) is 20.6 Å². The van der Waals surface area contributed by atoms with E-state index in [0.717, 1.165) is 5.69 Å². The number of nitrogens with zero attached hydrogens (tertiary/aromatic N) is 1. The van der Waals surface area contributed by atoms with Crippen LogP contribution in [-0.4, -0.2) is 35.6 Å². The third kappa shape index (κ3) is 4.47. The van der Waals surface area contributed by atoms with Gasteiger partial charge in [-0.15, -0.1) is 0 Å². The second-order valence-electron chi connectivity index (χ2n) is 6.06. The van der Waals surface area contributed by atoms with Crippen molar-refractivity contribution >= 4 is 38.9 Å². The van der Waals surface area contributed by atoms with Gasteiger partial charge in [0.1, 0.15) is 10.6 Å². The monoisotopic (exact) mass is 390 g/mol. The number of aromatic amines is 1. The molecule has 0 aliphatic carbocycles. The highest BCUT2D eigenvalue weighted by Crippen LogP contribution is 2.24. The molecule has 0 bridgehead atoms. The fourth-order valence-electron chi connectivity index (χ4n) is 2.43. The van der Waals surface area contributed by atoms with E-state index < -0.39 is 16.2 Å². The Balaban J connectivity index is 1.81. The Morgan fingerprint density at radius 1 is 1.19 bits per heavy atom. The highest BCUT2D eigenvalue weighted by atomic mass is 32.2. The molecule has 2 aromatic carbocycles. The zero-order valence-corrected chi connectivity index (χ0v) is 15.4. The molecular weight excluding hydrogens is 372 g/mol. The Bertz CT molecular complexity index is 1070. The third-order valence-electron chi connectivity index (χ3n) is 3.48. The number of benzene rings is 2. The molecule has 3 rings (SSSR count). The largest absolute Gasteiger partial charge is 0.465 e. The fourth-order valence-corrected chi connectivity index (χ4v) is 3.35. The summed E-state index contributed by atoms with van der Waals surface area (Å²) in [6, 6.07) is 10.9. The Hall–Kier alpha value is -3.27. The number of amides is 1. The first-order chi connectivity index (χ1) is 12.7. The highest BCUT2D eigenvalue weighted by Gasteiger charge is 2.17. The van der Waals surface area contributed by atoms with Gasteiger partial charge in [0.15, 0.2) is 0 Å². The smallest absolute Gasteiger partial charge is 0.411 e. The average molecular weight is 390 g/mol. The third-order valence-corrected chi connectivity index (χ3v) is 4.74. The standard InChI is InChI=1S/C17H18N4O5S/c1-10(2)18-11-3-6-13(7-4-11)27(24,25)26-12-5-8-14-15(9-12)20-16(19-14)21-17(22)23/h3-10,18H,1-2H3,(H,22,23)(H2,19,20,21). The summed E-state index contributed by atoms with van der Waals surface area (Å²) in [5, 5.41) is 14.0. The molecule has 0 radical (unpaired) electrons. The molecule has 27 heavy (non-hydrogen) atoms. The van der Waals surface area contributed by atoms with Gasteiger partial charge >= 0.3 is 16.2 Å². The average Bonchev–Trinajstić information content (AvgIpc) is 2.95. The van der Waals surface area contributed by atoms with Crippen molar-refractivity contribution in [1.29, 1.82) is 0 Å². The lowest BCUT2D eigenvalue weighted by atomic mass is 10.3. The van der Waals surface area contributed by atoms with Crippen LogP contribution in [0.15, 0.2) is 47.4 Å². The Morgan fingerprint density at radius 2 is 1.89 bits per heavy atom. The number of imidazole rings is 1. The van der Waals surface area contributed by atoms with Crippen molar-refractivity contribution in [1.82, 2.24) is 9.97 Å². The molecular formula is C17H18N4O5S. The topological polar surface area (TPSA) is 133 Å². The fraction of sp³-hybridized carbons (Fsp3) is 0.176. The van der Waals surface area contributed by atoms with E-state index in [4.69, 9.17) is 9.29 Å². The van der Waals surface area contributed by atoms with Gasteiger partial charge in [0.05, 0.1) is 11.0 Å². The molecule has 1 aromatic heterocycles. The van der Waals surface area contributed by atoms with Crippen molar-refractivity contribution in [3.63, 3.8) is 0 Å². The molecule has 142 valence electrons. The molecule has 1 heterocycles. The molecule has 1 amide bonds. The second kappa shape index (κ2) is 7.16. The maximum absolute atomic E-state index is 12.5. The van der Waals surface area contributed by atoms with Crippen LogP contribution in [0.5, 0.6) is 5.75 Å². The van der Waals surface area contributed by atoms with Crippen molar-refractivity contribution in [2.24, 2.45) is 0 Å². The van der Waals surface area contributed by atoms with E-state index in [1.54, 1.807) is 12.1 Å². The predicted octanol–water partition coefficient (Wildman–Crippen LogP) is 3.24. The maximum Gasteiger partial charge on any atom is 0.411 e. The molecule has 0 saturated heterocycles. The minimum atomic E-state index is -4.01. The molecule has 10 heteroatoms. The van der Waals surface area contributed by atoms with Crippen LogP contribution in [0.4, 0.5) is 16.4 Å². The molecule has 0 spiro atoms. The predicted molar refractivity (Wildman–Crippen MR) is 101 cm³/mol. The van der Waals surface area contributed by atoms with Gasteiger partial charge in [-0.2, -0.15) is 8.42 Å². The van der Waals surface area contributed by atoms with Gasteiger partial charge in [0, 0.05) is 17.8 Å². The van der Waals surface area contributed by atoms with Gasteiger partial charge < -0.3 is 19.6 Å². The number of hydrogen-bond acceptors (Lipinski definition) is 6. The van der Waals surface area contributed by atoms with Crippen molar-refractivity contribution in [2.75, 3.05) is 10.6 Å². The minimum Gasteiger partial charge on any atom is -0.465 e. The normalized spacial score (nSPS) is 11.5. The zero-order valence-electron chi connectivity index (χ0n) is 14.6. The molecule has 4 N–H and O–H groups in total. The number of fused-ring (bicyclic) bond motifs is 1. The molecule has 0 saturated carbocycles. The Labute approximate surface area is 155 Å². The second-order valence-corrected chi connectivity index (χ2v) is 7.60. The lowest BCUT2D eigenvalue weighted by Crippen LogP contribution is -2.11. The summed E-state index contributed by atoms with van der Waals surface area (Å²) >= 11 is 0. The number of aromatic nitrogens is 2. The van der Waals surface area contributed by atoms with Gasteiger partial charge in [0.2, 0.25) is 5.95 Å². The van der Waals surface area contributed by atoms with Gasteiger partial charge in [-0.25, -0.2) is 9.78 Å². The summed E-state index contributed by atoms with van der Waals surface area (Å²) in [4.78, 5) is 17.4. The molecule has 0 atom stereocenters. The number of rotatable bonds is 6. The van der Waals surface area contributed by atoms with Crippen LogP contribution < -0.4 is 14.8 Å². The summed E-state index contributed by atoms with van der Waals surface area (Å²) in [5.41, 5.74) is 1.71. The van der Waals surface area contributed by atoms with Crippen LogP contribution in [0.25, 0.3) is 11.0 Å². The first kappa shape index (κ1) is 18.5. The summed E-state index contributed by atoms with van der Waals surface area (Å²) in [5.74, 6) is 0.114. The van der Waals surface area contributed by atoms with Crippen LogP contribution >= 0.6 is 0 Å². The SMILES string of the molecule is CC(C)Nc1ccc(S(=O)(=O)Oc2ccc3nc(NC(=O)O)[nH]c3c2)cc1. The van der Waals surface area contributed by atoms with E-state index in [1.807, 2.05) is 13.8 Å². The number of carboxylic acid groups (broad SMARTS) is 1. The molecule has 0 unspecified atom stereocenters. The van der Waals surface area contributed by atoms with Gasteiger partial charge in [-0.1, -0.05) is 0 Å². The Morgan fingerprint density at radius 3 is 2.52 bits per heavy atom. The first-order valence-electron chi connectivity index (χ1n) is 8.04. The number of anilines is 2. The van der Waals surface area contributed by atoms with E-state index in [0.29, 0.717) is 11.0 Å². The number of hydrogen-bond donors (Lipinski definition) is 4. The first-order valence-corrected chi connectivity index (χ1v) is 9.44. The highest BCUT2D eigenvalue weighted by molar-refractivity contribution is 7.87. The van der Waals surface area contributed by atoms with Crippen molar-refractivity contribution in [3.8, 4) is 5.75 Å². The number of H-pyrrole nitrogens is 1. The van der Waals surface area contributed by atoms with E-state index >= 15 is 0 Å². The van der Waals surface area contributed by atoms with E-state index in [9.17, 15) is 13.2 Å². The van der Waals surface area contributed by atoms with Crippen LogP contribution in [-0.2, 0) is 10.1 Å². The zero-order chi connectivity index (χ0) is 19.6. The van der Waals surface area contributed by atoms with Crippen LogP contribution in [0, 0.1) is 0 Å². The summed E-state index contributed by atoms with van der Waals surface area (Å²) < 4.78 is 30.1. The molecule has 3 aromatic rings. The maximum atomic E-state index is 12.5. The lowest BCUT2D eigenvalue weighted by Gasteiger charge is -2.11. The quantitative estimate of drug-likeness (QED) is 0.475. The summed E-state index contributed by atoms with van der Waals surface area (Å²) in [6.07, 6.45) is -1.26. The minimum absolute atomic E-state index is 0.0229. The molecule has 0 fully saturated rings. The van der Waals surface area contributed by atoms with Gasteiger partial charge in [0.25, 0.3) is 0 Å². The van der Waals surface area contributed by atoms with Crippen molar-refractivity contribution < 1.29 is 22.5 Å². The van der Waals surface area contributed by atoms with Crippen LogP contribution in [0.2, 0.25) is 0 Å². The van der Waals surface area contributed by atoms with Crippen molar-refractivity contribution in [3.05, 3.63) is 42.5 Å². The van der Waals surface area contributed by atoms with Gasteiger partial charge in [-0.05, 0) is 50.2 Å². The van der Waals surface area contributed by atoms with Gasteiger partial charge in [-0.3, -0.25) is 5.32 Å². The Kier molecular flexibility index (Phi) is 4.91. The molecule has 0 aliphatic heterocycles. The van der Waals surface area contributed by atoms with E-state index in [1.165, 1.54) is 30.3 Å². The molecule has 0 aliphatic rings. The summed E-state index contributed by atoms with van der Waals surface area (Å²) in [7, 11) is -4.01. The molecule has 9 nitrogen and oxygen atoms in total. The summed E-state index contributed by atoms with van der Waals surface area (Å²) in [6.45, 7) is 3.97. The lowest BCUT2D eigenvalue weighted by molar-refractivity contribution is 0.209. The number of carbonyl (C=O) groups is 1. The number of nitrogens with one attached hydrogen (secondary N) is 3. The van der Waals surface area contributed by atoms with E-state index in [-0.39, 0.29) is 22.6 Å². The van der Waals surface area contributed by atoms with Crippen molar-refractivity contribution in [2.45, 2.75) is 24.8 Å².